The third-order valence-electron chi connectivity index (χ3n) is 5.22. The first-order valence-corrected chi connectivity index (χ1v) is 10.9. The third-order valence-corrected chi connectivity index (χ3v) is 5.22. The monoisotopic (exact) mass is 439 g/mol. The van der Waals surface area contributed by atoms with Gasteiger partial charge in [0.25, 0.3) is 0 Å². The normalized spacial score (nSPS) is 11.1. The van der Waals surface area contributed by atoms with Crippen LogP contribution in [-0.2, 0) is 9.59 Å². The molecule has 2 amide bonds. The van der Waals surface area contributed by atoms with E-state index in [-0.39, 0.29) is 24.7 Å². The number of carbonyl (C=O) groups excluding carboxylic acids is 2. The lowest BCUT2D eigenvalue weighted by Crippen LogP contribution is -2.20. The molecule has 6 heteroatoms. The Morgan fingerprint density at radius 3 is 2.09 bits per heavy atom. The van der Waals surface area contributed by atoms with E-state index in [1.54, 1.807) is 30.5 Å². The van der Waals surface area contributed by atoms with E-state index in [1.807, 2.05) is 43.3 Å². The maximum absolute atomic E-state index is 12.2. The zero-order valence-corrected chi connectivity index (χ0v) is 18.4. The molecule has 4 aromatic rings. The Labute approximate surface area is 192 Å². The van der Waals surface area contributed by atoms with E-state index in [9.17, 15) is 9.59 Å². The number of fused-ring (bicyclic) bond motifs is 2. The van der Waals surface area contributed by atoms with Crippen molar-refractivity contribution in [1.29, 1.82) is 0 Å². The molecule has 0 radical (unpaired) electrons. The molecule has 4 rings (SSSR count). The van der Waals surface area contributed by atoms with Crippen molar-refractivity contribution in [3.8, 4) is 5.75 Å². The summed E-state index contributed by atoms with van der Waals surface area (Å²) >= 11 is 0. The molecule has 0 heterocycles. The number of hydrazone groups is 1. The Balaban J connectivity index is 1.35. The summed E-state index contributed by atoms with van der Waals surface area (Å²) < 4.78 is 5.38. The Kier molecular flexibility index (Phi) is 6.95. The van der Waals surface area contributed by atoms with Crippen molar-refractivity contribution in [1.82, 2.24) is 5.43 Å². The van der Waals surface area contributed by atoms with E-state index in [2.05, 4.69) is 34.0 Å². The number of amides is 2. The average Bonchev–Trinajstić information content (AvgIpc) is 2.84. The summed E-state index contributed by atoms with van der Waals surface area (Å²) in [4.78, 5) is 24.4. The predicted octanol–water partition coefficient (Wildman–Crippen LogP) is 5.26. The van der Waals surface area contributed by atoms with Gasteiger partial charge in [-0.3, -0.25) is 9.59 Å². The SMILES string of the molecule is CCOc1ccc(NC(=O)CCC(=O)N/N=C/c2c3ccccc3cc3ccccc23)cc1. The molecule has 6 nitrogen and oxygen atoms in total. The number of rotatable bonds is 8. The molecule has 4 aromatic carbocycles. The molecule has 0 aliphatic rings. The van der Waals surface area contributed by atoms with Crippen molar-refractivity contribution in [2.75, 3.05) is 11.9 Å². The molecule has 0 aliphatic heterocycles. The standard InChI is InChI=1S/C27H25N3O3/c1-2-33-22-13-11-21(12-14-22)29-26(31)15-16-27(32)30-28-18-25-23-9-5-3-7-19(23)17-20-8-4-6-10-24(20)25/h3-14,17-18H,2,15-16H2,1H3,(H,29,31)(H,30,32)/b28-18+. The van der Waals surface area contributed by atoms with Gasteiger partial charge in [-0.1, -0.05) is 48.5 Å². The van der Waals surface area contributed by atoms with Crippen molar-refractivity contribution in [3.63, 3.8) is 0 Å². The van der Waals surface area contributed by atoms with Crippen LogP contribution in [0.3, 0.4) is 0 Å². The molecular formula is C27H25N3O3. The minimum absolute atomic E-state index is 0.0382. The van der Waals surface area contributed by atoms with Gasteiger partial charge < -0.3 is 10.1 Å². The van der Waals surface area contributed by atoms with Crippen LogP contribution in [0.4, 0.5) is 5.69 Å². The van der Waals surface area contributed by atoms with Gasteiger partial charge in [-0.2, -0.15) is 5.10 Å². The van der Waals surface area contributed by atoms with E-state index in [0.29, 0.717) is 12.3 Å². The Morgan fingerprint density at radius 2 is 1.45 bits per heavy atom. The minimum atomic E-state index is -0.322. The second-order valence-corrected chi connectivity index (χ2v) is 7.53. The number of anilines is 1. The molecule has 0 unspecified atom stereocenters. The van der Waals surface area contributed by atoms with Crippen LogP contribution in [0.5, 0.6) is 5.75 Å². The maximum Gasteiger partial charge on any atom is 0.240 e. The Hall–Kier alpha value is -4.19. The number of hydrogen-bond donors (Lipinski definition) is 2. The van der Waals surface area contributed by atoms with Crippen LogP contribution in [0.15, 0.2) is 84.0 Å². The van der Waals surface area contributed by atoms with Crippen LogP contribution in [0.25, 0.3) is 21.5 Å². The second-order valence-electron chi connectivity index (χ2n) is 7.53. The second kappa shape index (κ2) is 10.4. The van der Waals surface area contributed by atoms with Gasteiger partial charge >= 0.3 is 0 Å². The number of carbonyl (C=O) groups is 2. The van der Waals surface area contributed by atoms with Gasteiger partial charge in [0, 0.05) is 24.1 Å². The van der Waals surface area contributed by atoms with Gasteiger partial charge in [0.2, 0.25) is 11.8 Å². The van der Waals surface area contributed by atoms with Crippen LogP contribution < -0.4 is 15.5 Å². The highest BCUT2D eigenvalue weighted by molar-refractivity contribution is 6.13. The number of nitrogens with zero attached hydrogens (tertiary/aromatic N) is 1. The molecular weight excluding hydrogens is 414 g/mol. The molecule has 0 spiro atoms. The van der Waals surface area contributed by atoms with Crippen LogP contribution in [0.1, 0.15) is 25.3 Å². The van der Waals surface area contributed by atoms with Gasteiger partial charge in [-0.15, -0.1) is 0 Å². The van der Waals surface area contributed by atoms with Crippen molar-refractivity contribution in [2.24, 2.45) is 5.10 Å². The lowest BCUT2D eigenvalue weighted by molar-refractivity contribution is -0.124. The lowest BCUT2D eigenvalue weighted by Gasteiger charge is -2.08. The highest BCUT2D eigenvalue weighted by atomic mass is 16.5. The van der Waals surface area contributed by atoms with Gasteiger partial charge in [-0.05, 0) is 58.8 Å². The number of benzene rings is 4. The highest BCUT2D eigenvalue weighted by Gasteiger charge is 2.08. The summed E-state index contributed by atoms with van der Waals surface area (Å²) in [6, 6.07) is 25.4. The molecule has 166 valence electrons. The minimum Gasteiger partial charge on any atom is -0.494 e. The highest BCUT2D eigenvalue weighted by Crippen LogP contribution is 2.27. The summed E-state index contributed by atoms with van der Waals surface area (Å²) in [7, 11) is 0. The van der Waals surface area contributed by atoms with E-state index in [0.717, 1.165) is 32.9 Å². The summed E-state index contributed by atoms with van der Waals surface area (Å²) in [5, 5.41) is 11.3. The van der Waals surface area contributed by atoms with Gasteiger partial charge in [0.15, 0.2) is 0 Å². The quantitative estimate of drug-likeness (QED) is 0.223. The molecule has 2 N–H and O–H groups in total. The largest absolute Gasteiger partial charge is 0.494 e. The smallest absolute Gasteiger partial charge is 0.240 e. The summed E-state index contributed by atoms with van der Waals surface area (Å²) in [6.45, 7) is 2.50. The number of hydrogen-bond acceptors (Lipinski definition) is 4. The fourth-order valence-electron chi connectivity index (χ4n) is 3.66. The molecule has 0 atom stereocenters. The summed E-state index contributed by atoms with van der Waals surface area (Å²) in [5.74, 6) is 0.183. The van der Waals surface area contributed by atoms with Crippen LogP contribution in [-0.4, -0.2) is 24.6 Å². The summed E-state index contributed by atoms with van der Waals surface area (Å²) in [5.41, 5.74) is 4.13. The van der Waals surface area contributed by atoms with E-state index >= 15 is 0 Å². The van der Waals surface area contributed by atoms with Crippen LogP contribution >= 0.6 is 0 Å². The Bertz CT molecular complexity index is 1260. The third kappa shape index (κ3) is 5.54. The first-order chi connectivity index (χ1) is 16.1. The summed E-state index contributed by atoms with van der Waals surface area (Å²) in [6.07, 6.45) is 1.77. The molecule has 0 fully saturated rings. The lowest BCUT2D eigenvalue weighted by atomic mass is 9.97. The van der Waals surface area contributed by atoms with Gasteiger partial charge in [0.05, 0.1) is 12.8 Å². The zero-order chi connectivity index (χ0) is 23.0. The topological polar surface area (TPSA) is 79.8 Å². The number of nitrogens with one attached hydrogen (secondary N) is 2. The zero-order valence-electron chi connectivity index (χ0n) is 18.4. The van der Waals surface area contributed by atoms with Crippen molar-refractivity contribution in [3.05, 3.63) is 84.4 Å². The fraction of sp³-hybridized carbons (Fsp3) is 0.148. The molecule has 0 saturated heterocycles. The van der Waals surface area contributed by atoms with Crippen LogP contribution in [0, 0.1) is 0 Å². The first-order valence-electron chi connectivity index (χ1n) is 10.9. The fourth-order valence-corrected chi connectivity index (χ4v) is 3.66. The maximum atomic E-state index is 12.2. The van der Waals surface area contributed by atoms with E-state index in [4.69, 9.17) is 4.74 Å². The van der Waals surface area contributed by atoms with Gasteiger partial charge in [0.1, 0.15) is 5.75 Å². The Morgan fingerprint density at radius 1 is 0.848 bits per heavy atom. The number of ether oxygens (including phenoxy) is 1. The van der Waals surface area contributed by atoms with Crippen molar-refractivity contribution >= 4 is 45.3 Å². The molecule has 0 aliphatic carbocycles. The van der Waals surface area contributed by atoms with Crippen molar-refractivity contribution in [2.45, 2.75) is 19.8 Å². The van der Waals surface area contributed by atoms with Crippen molar-refractivity contribution < 1.29 is 14.3 Å². The first kappa shape index (κ1) is 22.0. The molecule has 0 aromatic heterocycles. The average molecular weight is 440 g/mol. The molecule has 33 heavy (non-hydrogen) atoms. The van der Waals surface area contributed by atoms with E-state index < -0.39 is 0 Å². The van der Waals surface area contributed by atoms with E-state index in [1.165, 1.54) is 0 Å². The molecule has 0 saturated carbocycles. The predicted molar refractivity (Wildman–Crippen MR) is 133 cm³/mol. The van der Waals surface area contributed by atoms with Gasteiger partial charge in [-0.25, -0.2) is 5.43 Å². The molecule has 0 bridgehead atoms. The van der Waals surface area contributed by atoms with Crippen LogP contribution in [0.2, 0.25) is 0 Å².